The van der Waals surface area contributed by atoms with Crippen LogP contribution in [0.25, 0.3) is 0 Å². The SMILES string of the molecule is CCOc1cc(CO)ccc1OCC(C)(O)C(C)C. The highest BCUT2D eigenvalue weighted by atomic mass is 16.5. The highest BCUT2D eigenvalue weighted by molar-refractivity contribution is 5.42. The Labute approximate surface area is 115 Å². The standard InChI is InChI=1S/C15H24O4/c1-5-18-14-8-12(9-16)6-7-13(14)19-10-15(4,17)11(2)3/h6-8,11,16-17H,5,9-10H2,1-4H3. The molecule has 0 aliphatic heterocycles. The number of hydrogen-bond acceptors (Lipinski definition) is 4. The third-order valence-corrected chi connectivity index (χ3v) is 3.25. The van der Waals surface area contributed by atoms with Crippen LogP contribution in [-0.2, 0) is 6.61 Å². The number of benzene rings is 1. The molecule has 4 heteroatoms. The van der Waals surface area contributed by atoms with Crippen LogP contribution < -0.4 is 9.47 Å². The number of aliphatic hydroxyl groups excluding tert-OH is 1. The van der Waals surface area contributed by atoms with Crippen molar-refractivity contribution in [2.45, 2.75) is 39.9 Å². The average molecular weight is 268 g/mol. The molecule has 0 aromatic heterocycles. The van der Waals surface area contributed by atoms with Crippen LogP contribution in [0.4, 0.5) is 0 Å². The Kier molecular flexibility index (Phi) is 5.63. The van der Waals surface area contributed by atoms with Crippen molar-refractivity contribution in [3.63, 3.8) is 0 Å². The molecule has 0 spiro atoms. The summed E-state index contributed by atoms with van der Waals surface area (Å²) in [5, 5.41) is 19.3. The minimum absolute atomic E-state index is 0.0376. The molecule has 1 aromatic carbocycles. The van der Waals surface area contributed by atoms with Crippen LogP contribution in [0, 0.1) is 5.92 Å². The Morgan fingerprint density at radius 3 is 2.42 bits per heavy atom. The first-order valence-electron chi connectivity index (χ1n) is 6.62. The summed E-state index contributed by atoms with van der Waals surface area (Å²) in [6.45, 7) is 8.21. The van der Waals surface area contributed by atoms with Crippen molar-refractivity contribution in [3.05, 3.63) is 23.8 Å². The van der Waals surface area contributed by atoms with Gasteiger partial charge in [0, 0.05) is 0 Å². The fraction of sp³-hybridized carbons (Fsp3) is 0.600. The normalized spacial score (nSPS) is 14.3. The Hall–Kier alpha value is -1.26. The van der Waals surface area contributed by atoms with Gasteiger partial charge in [-0.15, -0.1) is 0 Å². The first-order chi connectivity index (χ1) is 8.90. The van der Waals surface area contributed by atoms with E-state index in [0.717, 1.165) is 5.56 Å². The molecule has 0 saturated heterocycles. The molecule has 2 N–H and O–H groups in total. The highest BCUT2D eigenvalue weighted by Crippen LogP contribution is 2.30. The van der Waals surface area contributed by atoms with Crippen molar-refractivity contribution < 1.29 is 19.7 Å². The lowest BCUT2D eigenvalue weighted by molar-refractivity contribution is -0.0272. The van der Waals surface area contributed by atoms with Crippen molar-refractivity contribution in [1.82, 2.24) is 0 Å². The molecule has 108 valence electrons. The Morgan fingerprint density at radius 2 is 1.89 bits per heavy atom. The van der Waals surface area contributed by atoms with Crippen molar-refractivity contribution in [1.29, 1.82) is 0 Å². The lowest BCUT2D eigenvalue weighted by atomic mass is 9.94. The van der Waals surface area contributed by atoms with Crippen LogP contribution >= 0.6 is 0 Å². The zero-order valence-electron chi connectivity index (χ0n) is 12.1. The van der Waals surface area contributed by atoms with Gasteiger partial charge in [-0.2, -0.15) is 0 Å². The molecule has 19 heavy (non-hydrogen) atoms. The molecule has 0 aliphatic carbocycles. The second-order valence-corrected chi connectivity index (χ2v) is 5.17. The van der Waals surface area contributed by atoms with Crippen LogP contribution in [0.2, 0.25) is 0 Å². The molecule has 1 aromatic rings. The quantitative estimate of drug-likeness (QED) is 0.797. The van der Waals surface area contributed by atoms with E-state index in [1.165, 1.54) is 0 Å². The van der Waals surface area contributed by atoms with Gasteiger partial charge in [0.25, 0.3) is 0 Å². The highest BCUT2D eigenvalue weighted by Gasteiger charge is 2.26. The molecule has 1 unspecified atom stereocenters. The van der Waals surface area contributed by atoms with Gasteiger partial charge in [0.15, 0.2) is 11.5 Å². The van der Waals surface area contributed by atoms with Gasteiger partial charge in [-0.05, 0) is 37.5 Å². The van der Waals surface area contributed by atoms with E-state index in [1.54, 1.807) is 25.1 Å². The summed E-state index contributed by atoms with van der Waals surface area (Å²) in [6.07, 6.45) is 0. The van der Waals surface area contributed by atoms with Crippen LogP contribution in [0.3, 0.4) is 0 Å². The van der Waals surface area contributed by atoms with E-state index in [2.05, 4.69) is 0 Å². The number of aliphatic hydroxyl groups is 2. The summed E-state index contributed by atoms with van der Waals surface area (Å²) in [6, 6.07) is 5.29. The Bertz CT molecular complexity index is 399. The van der Waals surface area contributed by atoms with E-state index in [4.69, 9.17) is 14.6 Å². The minimum atomic E-state index is -0.890. The molecule has 0 radical (unpaired) electrons. The smallest absolute Gasteiger partial charge is 0.161 e. The van der Waals surface area contributed by atoms with Gasteiger partial charge >= 0.3 is 0 Å². The third-order valence-electron chi connectivity index (χ3n) is 3.25. The molecule has 0 saturated carbocycles. The first-order valence-corrected chi connectivity index (χ1v) is 6.62. The van der Waals surface area contributed by atoms with Crippen LogP contribution in [0.1, 0.15) is 33.3 Å². The second-order valence-electron chi connectivity index (χ2n) is 5.17. The molecule has 0 bridgehead atoms. The molecular formula is C15H24O4. The molecule has 1 atom stereocenters. The molecule has 4 nitrogen and oxygen atoms in total. The number of hydrogen-bond donors (Lipinski definition) is 2. The van der Waals surface area contributed by atoms with E-state index in [1.807, 2.05) is 20.8 Å². The predicted octanol–water partition coefficient (Wildman–Crippen LogP) is 2.36. The molecule has 1 rings (SSSR count). The topological polar surface area (TPSA) is 58.9 Å². The second kappa shape index (κ2) is 6.78. The summed E-state index contributed by atoms with van der Waals surface area (Å²) < 4.78 is 11.1. The van der Waals surface area contributed by atoms with Crippen molar-refractivity contribution in [2.75, 3.05) is 13.2 Å². The fourth-order valence-corrected chi connectivity index (χ4v) is 1.43. The van der Waals surface area contributed by atoms with Crippen molar-refractivity contribution in [3.8, 4) is 11.5 Å². The molecule has 0 fully saturated rings. The Morgan fingerprint density at radius 1 is 1.21 bits per heavy atom. The van der Waals surface area contributed by atoms with Gasteiger partial charge in [-0.25, -0.2) is 0 Å². The summed E-state index contributed by atoms with van der Waals surface area (Å²) in [7, 11) is 0. The number of rotatable bonds is 7. The maximum absolute atomic E-state index is 10.2. The maximum Gasteiger partial charge on any atom is 0.161 e. The molecule has 0 amide bonds. The van der Waals surface area contributed by atoms with Gasteiger partial charge < -0.3 is 19.7 Å². The lowest BCUT2D eigenvalue weighted by Crippen LogP contribution is -2.37. The predicted molar refractivity (Wildman–Crippen MR) is 74.5 cm³/mol. The van der Waals surface area contributed by atoms with E-state index >= 15 is 0 Å². The third kappa shape index (κ3) is 4.40. The van der Waals surface area contributed by atoms with Gasteiger partial charge in [-0.3, -0.25) is 0 Å². The first kappa shape index (κ1) is 15.8. The Balaban J connectivity index is 2.82. The van der Waals surface area contributed by atoms with Crippen LogP contribution in [-0.4, -0.2) is 29.0 Å². The van der Waals surface area contributed by atoms with Gasteiger partial charge in [0.1, 0.15) is 6.61 Å². The summed E-state index contributed by atoms with van der Waals surface area (Å²) in [5.74, 6) is 1.27. The van der Waals surface area contributed by atoms with E-state index < -0.39 is 5.60 Å². The molecule has 0 aliphatic rings. The zero-order chi connectivity index (χ0) is 14.5. The van der Waals surface area contributed by atoms with Gasteiger partial charge in [0.05, 0.1) is 18.8 Å². The molecule has 0 heterocycles. The van der Waals surface area contributed by atoms with Gasteiger partial charge in [0.2, 0.25) is 0 Å². The summed E-state index contributed by atoms with van der Waals surface area (Å²) >= 11 is 0. The van der Waals surface area contributed by atoms with Gasteiger partial charge in [-0.1, -0.05) is 19.9 Å². The monoisotopic (exact) mass is 268 g/mol. The van der Waals surface area contributed by atoms with E-state index in [-0.39, 0.29) is 19.1 Å². The van der Waals surface area contributed by atoms with Crippen LogP contribution in [0.5, 0.6) is 11.5 Å². The van der Waals surface area contributed by atoms with Crippen LogP contribution in [0.15, 0.2) is 18.2 Å². The number of ether oxygens (including phenoxy) is 2. The maximum atomic E-state index is 10.2. The summed E-state index contributed by atoms with van der Waals surface area (Å²) in [5.41, 5.74) is -0.120. The fourth-order valence-electron chi connectivity index (χ4n) is 1.43. The molecular weight excluding hydrogens is 244 g/mol. The zero-order valence-corrected chi connectivity index (χ0v) is 12.1. The summed E-state index contributed by atoms with van der Waals surface area (Å²) in [4.78, 5) is 0. The van der Waals surface area contributed by atoms with E-state index in [0.29, 0.717) is 18.1 Å². The van der Waals surface area contributed by atoms with Crippen molar-refractivity contribution in [2.24, 2.45) is 5.92 Å². The largest absolute Gasteiger partial charge is 0.490 e. The van der Waals surface area contributed by atoms with Crippen molar-refractivity contribution >= 4 is 0 Å². The minimum Gasteiger partial charge on any atom is -0.490 e. The van der Waals surface area contributed by atoms with E-state index in [9.17, 15) is 5.11 Å². The average Bonchev–Trinajstić information content (AvgIpc) is 2.37. The lowest BCUT2D eigenvalue weighted by Gasteiger charge is -2.27.